The largest absolute Gasteiger partial charge is 0.324 e. The second-order valence-corrected chi connectivity index (χ2v) is 9.56. The minimum atomic E-state index is -3.37. The first-order valence-corrected chi connectivity index (χ1v) is 10.3. The number of amides is 1. The fraction of sp³-hybridized carbons (Fsp3) is 0.267. The van der Waals surface area contributed by atoms with Crippen LogP contribution in [0.3, 0.4) is 0 Å². The van der Waals surface area contributed by atoms with Gasteiger partial charge in [0.1, 0.15) is 0 Å². The zero-order valence-corrected chi connectivity index (χ0v) is 16.2. The third-order valence-corrected chi connectivity index (χ3v) is 5.76. The Kier molecular flexibility index (Phi) is 6.28. The maximum absolute atomic E-state index is 12.1. The van der Waals surface area contributed by atoms with Gasteiger partial charge in [-0.3, -0.25) is 9.69 Å². The zero-order valence-electron chi connectivity index (χ0n) is 13.0. The van der Waals surface area contributed by atoms with Crippen LogP contribution in [0.2, 0.25) is 9.36 Å². The summed E-state index contributed by atoms with van der Waals surface area (Å²) in [6.45, 7) is 0.719. The third-order valence-electron chi connectivity index (χ3n) is 3.11. The Morgan fingerprint density at radius 3 is 2.54 bits per heavy atom. The van der Waals surface area contributed by atoms with Gasteiger partial charge in [-0.2, -0.15) is 0 Å². The number of carbonyl (C=O) groups excluding carboxylic acids is 1. The summed E-state index contributed by atoms with van der Waals surface area (Å²) >= 11 is 13.4. The number of likely N-dealkylation sites (N-methyl/N-ethyl adjacent to an activating group) is 1. The van der Waals surface area contributed by atoms with Crippen LogP contribution in [-0.4, -0.2) is 39.1 Å². The van der Waals surface area contributed by atoms with Crippen LogP contribution < -0.4 is 5.32 Å². The van der Waals surface area contributed by atoms with Crippen molar-refractivity contribution >= 4 is 56.0 Å². The summed E-state index contributed by atoms with van der Waals surface area (Å²) in [5.74, 6) is -0.285. The van der Waals surface area contributed by atoms with Crippen molar-refractivity contribution in [3.8, 4) is 0 Å². The standard InChI is InChI=1S/C15H16Cl2N2O3S2/c1-19(8-10-3-6-14(17)23-10)9-15(20)18-13-7-11(24(2,21)22)4-5-12(13)16/h3-7H,8-9H2,1-2H3,(H,18,20). The molecular formula is C15H16Cl2N2O3S2. The monoisotopic (exact) mass is 406 g/mol. The van der Waals surface area contributed by atoms with Gasteiger partial charge in [-0.25, -0.2) is 8.42 Å². The highest BCUT2D eigenvalue weighted by molar-refractivity contribution is 7.90. The van der Waals surface area contributed by atoms with E-state index < -0.39 is 9.84 Å². The van der Waals surface area contributed by atoms with E-state index in [4.69, 9.17) is 23.2 Å². The van der Waals surface area contributed by atoms with Crippen molar-refractivity contribution in [1.82, 2.24) is 4.90 Å². The predicted octanol–water partition coefficient (Wildman–Crippen LogP) is 3.53. The Bertz CT molecular complexity index is 850. The van der Waals surface area contributed by atoms with Gasteiger partial charge in [0.15, 0.2) is 9.84 Å². The van der Waals surface area contributed by atoms with E-state index >= 15 is 0 Å². The van der Waals surface area contributed by atoms with Crippen LogP contribution in [0.1, 0.15) is 4.88 Å². The Hall–Kier alpha value is -1.12. The van der Waals surface area contributed by atoms with E-state index in [-0.39, 0.29) is 28.1 Å². The predicted molar refractivity (Wildman–Crippen MR) is 98.9 cm³/mol. The quantitative estimate of drug-likeness (QED) is 0.796. The Balaban J connectivity index is 2.01. The van der Waals surface area contributed by atoms with E-state index in [0.29, 0.717) is 10.9 Å². The number of benzene rings is 1. The molecule has 0 fully saturated rings. The van der Waals surface area contributed by atoms with Gasteiger partial charge >= 0.3 is 0 Å². The number of nitrogens with zero attached hydrogens (tertiary/aromatic N) is 1. The second kappa shape index (κ2) is 7.84. The second-order valence-electron chi connectivity index (χ2n) is 5.34. The first kappa shape index (κ1) is 19.2. The summed E-state index contributed by atoms with van der Waals surface area (Å²) in [7, 11) is -1.56. The molecule has 0 aliphatic carbocycles. The third kappa shape index (κ3) is 5.46. The summed E-state index contributed by atoms with van der Waals surface area (Å²) < 4.78 is 23.9. The lowest BCUT2D eigenvalue weighted by molar-refractivity contribution is -0.117. The van der Waals surface area contributed by atoms with Gasteiger partial charge in [0, 0.05) is 17.7 Å². The molecule has 0 aliphatic heterocycles. The SMILES string of the molecule is CN(CC(=O)Nc1cc(S(C)(=O)=O)ccc1Cl)Cc1ccc(Cl)s1. The molecule has 0 saturated carbocycles. The molecular weight excluding hydrogens is 391 g/mol. The molecule has 5 nitrogen and oxygen atoms in total. The minimum absolute atomic E-state index is 0.101. The summed E-state index contributed by atoms with van der Waals surface area (Å²) in [6, 6.07) is 7.93. The smallest absolute Gasteiger partial charge is 0.238 e. The summed E-state index contributed by atoms with van der Waals surface area (Å²) in [5, 5.41) is 2.93. The Morgan fingerprint density at radius 1 is 1.25 bits per heavy atom. The number of carbonyl (C=O) groups is 1. The molecule has 2 rings (SSSR count). The lowest BCUT2D eigenvalue weighted by Gasteiger charge is -2.16. The van der Waals surface area contributed by atoms with Gasteiger partial charge < -0.3 is 5.32 Å². The van der Waals surface area contributed by atoms with E-state index in [1.807, 2.05) is 24.1 Å². The lowest BCUT2D eigenvalue weighted by Crippen LogP contribution is -2.29. The average molecular weight is 407 g/mol. The summed E-state index contributed by atoms with van der Waals surface area (Å²) in [4.78, 5) is 15.1. The molecule has 1 aromatic carbocycles. The normalized spacial score (nSPS) is 11.7. The Labute approximate surface area is 155 Å². The van der Waals surface area contributed by atoms with Crippen LogP contribution in [0.15, 0.2) is 35.2 Å². The number of thiophene rings is 1. The van der Waals surface area contributed by atoms with E-state index in [1.54, 1.807) is 0 Å². The number of hydrogen-bond acceptors (Lipinski definition) is 5. The van der Waals surface area contributed by atoms with Crippen molar-refractivity contribution in [1.29, 1.82) is 0 Å². The van der Waals surface area contributed by atoms with Gasteiger partial charge in [-0.05, 0) is 37.4 Å². The van der Waals surface area contributed by atoms with Crippen molar-refractivity contribution in [2.24, 2.45) is 0 Å². The molecule has 1 aromatic heterocycles. The number of sulfone groups is 1. The molecule has 0 bridgehead atoms. The van der Waals surface area contributed by atoms with Crippen LogP contribution in [0.25, 0.3) is 0 Å². The van der Waals surface area contributed by atoms with Crippen LogP contribution in [0.4, 0.5) is 5.69 Å². The number of halogens is 2. The van der Waals surface area contributed by atoms with Crippen molar-refractivity contribution in [2.75, 3.05) is 25.2 Å². The first-order valence-electron chi connectivity index (χ1n) is 6.87. The highest BCUT2D eigenvalue weighted by atomic mass is 35.5. The molecule has 0 radical (unpaired) electrons. The van der Waals surface area contributed by atoms with Gasteiger partial charge in [-0.15, -0.1) is 11.3 Å². The number of hydrogen-bond donors (Lipinski definition) is 1. The van der Waals surface area contributed by atoms with E-state index in [0.717, 1.165) is 11.1 Å². The van der Waals surface area contributed by atoms with Crippen molar-refractivity contribution in [3.05, 3.63) is 44.6 Å². The van der Waals surface area contributed by atoms with Crippen LogP contribution in [0.5, 0.6) is 0 Å². The average Bonchev–Trinajstić information content (AvgIpc) is 2.84. The maximum atomic E-state index is 12.1. The van der Waals surface area contributed by atoms with Crippen molar-refractivity contribution < 1.29 is 13.2 Å². The number of anilines is 1. The van der Waals surface area contributed by atoms with Gasteiger partial charge in [-0.1, -0.05) is 23.2 Å². The van der Waals surface area contributed by atoms with Crippen molar-refractivity contribution in [2.45, 2.75) is 11.4 Å². The highest BCUT2D eigenvalue weighted by Crippen LogP contribution is 2.25. The molecule has 0 atom stereocenters. The fourth-order valence-corrected chi connectivity index (χ4v) is 4.00. The van der Waals surface area contributed by atoms with Crippen LogP contribution in [-0.2, 0) is 21.2 Å². The fourth-order valence-electron chi connectivity index (χ4n) is 2.02. The van der Waals surface area contributed by atoms with Crippen LogP contribution >= 0.6 is 34.5 Å². The van der Waals surface area contributed by atoms with E-state index in [2.05, 4.69) is 5.32 Å². The first-order chi connectivity index (χ1) is 11.1. The number of rotatable bonds is 6. The maximum Gasteiger partial charge on any atom is 0.238 e. The van der Waals surface area contributed by atoms with Gasteiger partial charge in [0.25, 0.3) is 0 Å². The van der Waals surface area contributed by atoms with Gasteiger partial charge in [0.2, 0.25) is 5.91 Å². The van der Waals surface area contributed by atoms with E-state index in [9.17, 15) is 13.2 Å². The molecule has 24 heavy (non-hydrogen) atoms. The van der Waals surface area contributed by atoms with Gasteiger partial charge in [0.05, 0.1) is 26.5 Å². The molecule has 0 saturated heterocycles. The van der Waals surface area contributed by atoms with Crippen molar-refractivity contribution in [3.63, 3.8) is 0 Å². The molecule has 130 valence electrons. The molecule has 0 unspecified atom stereocenters. The molecule has 2 aromatic rings. The molecule has 9 heteroatoms. The molecule has 1 N–H and O–H groups in total. The molecule has 1 amide bonds. The highest BCUT2D eigenvalue weighted by Gasteiger charge is 2.14. The zero-order chi connectivity index (χ0) is 17.9. The number of nitrogens with one attached hydrogen (secondary N) is 1. The molecule has 0 aliphatic rings. The van der Waals surface area contributed by atoms with E-state index in [1.165, 1.54) is 29.5 Å². The topological polar surface area (TPSA) is 66.5 Å². The molecule has 0 spiro atoms. The summed E-state index contributed by atoms with van der Waals surface area (Å²) in [6.07, 6.45) is 1.10. The minimum Gasteiger partial charge on any atom is -0.324 e. The summed E-state index contributed by atoms with van der Waals surface area (Å²) in [5.41, 5.74) is 0.275. The lowest BCUT2D eigenvalue weighted by atomic mass is 10.3. The van der Waals surface area contributed by atoms with Crippen LogP contribution in [0, 0.1) is 0 Å². The Morgan fingerprint density at radius 2 is 1.96 bits per heavy atom. The molecule has 1 heterocycles.